The van der Waals surface area contributed by atoms with Gasteiger partial charge in [-0.05, 0) is 57.0 Å². The molecular formula is C23H27NO7S. The highest BCUT2D eigenvalue weighted by molar-refractivity contribution is 7.89. The molecule has 1 atom stereocenters. The summed E-state index contributed by atoms with van der Waals surface area (Å²) in [5.41, 5.74) is 1.86. The van der Waals surface area contributed by atoms with Gasteiger partial charge in [0.15, 0.2) is 0 Å². The molecule has 1 N–H and O–H groups in total. The highest BCUT2D eigenvalue weighted by atomic mass is 32.2. The van der Waals surface area contributed by atoms with E-state index in [-0.39, 0.29) is 35.0 Å². The molecule has 0 aromatic heterocycles. The summed E-state index contributed by atoms with van der Waals surface area (Å²) in [5.74, 6) is 0.922. The number of hydrogen-bond acceptors (Lipinski definition) is 7. The molecule has 1 aliphatic heterocycles. The second kappa shape index (κ2) is 8.99. The van der Waals surface area contributed by atoms with Crippen molar-refractivity contribution in [3.05, 3.63) is 47.0 Å². The Kier molecular flexibility index (Phi) is 6.30. The predicted molar refractivity (Wildman–Crippen MR) is 117 cm³/mol. The van der Waals surface area contributed by atoms with Gasteiger partial charge in [0.1, 0.15) is 34.9 Å². The van der Waals surface area contributed by atoms with Crippen molar-refractivity contribution >= 4 is 16.0 Å². The number of nitrogens with one attached hydrogen (secondary N) is 1. The summed E-state index contributed by atoms with van der Waals surface area (Å²) in [4.78, 5) is 12.6. The van der Waals surface area contributed by atoms with Crippen LogP contribution in [0.5, 0.6) is 17.2 Å². The average Bonchev–Trinajstić information content (AvgIpc) is 3.49. The van der Waals surface area contributed by atoms with Crippen molar-refractivity contribution in [1.29, 1.82) is 0 Å². The Morgan fingerprint density at radius 3 is 2.66 bits per heavy atom. The lowest BCUT2D eigenvalue weighted by molar-refractivity contribution is 0.0469. The molecule has 1 heterocycles. The van der Waals surface area contributed by atoms with E-state index < -0.39 is 16.0 Å². The summed E-state index contributed by atoms with van der Waals surface area (Å²) in [7, 11) is -2.42. The molecule has 1 saturated carbocycles. The molecule has 2 aromatic rings. The fourth-order valence-electron chi connectivity index (χ4n) is 3.61. The molecule has 2 aliphatic rings. The van der Waals surface area contributed by atoms with Crippen LogP contribution in [0.3, 0.4) is 0 Å². The van der Waals surface area contributed by atoms with Gasteiger partial charge < -0.3 is 18.9 Å². The van der Waals surface area contributed by atoms with Crippen LogP contribution in [-0.2, 0) is 27.8 Å². The van der Waals surface area contributed by atoms with Crippen molar-refractivity contribution < 1.29 is 32.2 Å². The molecule has 0 bridgehead atoms. The normalized spacial score (nSPS) is 17.4. The zero-order valence-corrected chi connectivity index (χ0v) is 19.2. The Hall–Kier alpha value is -2.78. The van der Waals surface area contributed by atoms with Gasteiger partial charge in [-0.3, -0.25) is 0 Å². The number of fused-ring (bicyclic) bond motifs is 1. The standard InChI is InChI=1S/C23H27NO7S/c1-4-29-20-10-16-9-14(2)31-21(16)11-17(20)13-30-23(25)15-5-8-19(28-3)22(12-15)32(26,27)24-18-6-7-18/h5,8,10-12,14,18,24H,4,6-7,9,13H2,1-3H3/t14-/m1/s1. The van der Waals surface area contributed by atoms with E-state index >= 15 is 0 Å². The number of sulfonamides is 1. The van der Waals surface area contributed by atoms with Crippen LogP contribution in [-0.4, -0.2) is 40.2 Å². The quantitative estimate of drug-likeness (QED) is 0.572. The smallest absolute Gasteiger partial charge is 0.338 e. The lowest BCUT2D eigenvalue weighted by Gasteiger charge is -2.14. The van der Waals surface area contributed by atoms with Gasteiger partial charge in [-0.1, -0.05) is 0 Å². The van der Waals surface area contributed by atoms with Gasteiger partial charge in [-0.25, -0.2) is 17.9 Å². The molecule has 1 fully saturated rings. The minimum atomic E-state index is -3.81. The average molecular weight is 462 g/mol. The molecule has 0 saturated heterocycles. The zero-order valence-electron chi connectivity index (χ0n) is 18.3. The lowest BCUT2D eigenvalue weighted by atomic mass is 10.1. The van der Waals surface area contributed by atoms with Crippen LogP contribution in [0.15, 0.2) is 35.2 Å². The number of methoxy groups -OCH3 is 1. The van der Waals surface area contributed by atoms with Crippen molar-refractivity contribution in [3.63, 3.8) is 0 Å². The van der Waals surface area contributed by atoms with Gasteiger partial charge in [0.25, 0.3) is 0 Å². The molecule has 0 unspecified atom stereocenters. The molecular weight excluding hydrogens is 434 g/mol. The van der Waals surface area contributed by atoms with E-state index in [1.807, 2.05) is 26.0 Å². The fourth-order valence-corrected chi connectivity index (χ4v) is 5.11. The highest BCUT2D eigenvalue weighted by Crippen LogP contribution is 2.36. The van der Waals surface area contributed by atoms with Gasteiger partial charge in [0.2, 0.25) is 10.0 Å². The maximum atomic E-state index is 12.7. The first kappa shape index (κ1) is 22.4. The molecule has 32 heavy (non-hydrogen) atoms. The maximum Gasteiger partial charge on any atom is 0.338 e. The van der Waals surface area contributed by atoms with Crippen LogP contribution in [0.4, 0.5) is 0 Å². The Morgan fingerprint density at radius 2 is 1.97 bits per heavy atom. The first-order chi connectivity index (χ1) is 15.3. The maximum absolute atomic E-state index is 12.7. The van der Waals surface area contributed by atoms with Crippen molar-refractivity contribution in [2.24, 2.45) is 0 Å². The van der Waals surface area contributed by atoms with Gasteiger partial charge in [-0.2, -0.15) is 0 Å². The van der Waals surface area contributed by atoms with E-state index in [0.717, 1.165) is 30.6 Å². The van der Waals surface area contributed by atoms with E-state index in [4.69, 9.17) is 18.9 Å². The molecule has 172 valence electrons. The molecule has 0 spiro atoms. The Balaban J connectivity index is 1.53. The van der Waals surface area contributed by atoms with Crippen LogP contribution in [0.1, 0.15) is 48.2 Å². The van der Waals surface area contributed by atoms with Crippen LogP contribution in [0.2, 0.25) is 0 Å². The lowest BCUT2D eigenvalue weighted by Crippen LogP contribution is -2.26. The minimum Gasteiger partial charge on any atom is -0.495 e. The minimum absolute atomic E-state index is 0.0341. The molecule has 9 heteroatoms. The molecule has 4 rings (SSSR count). The van der Waals surface area contributed by atoms with Crippen molar-refractivity contribution in [3.8, 4) is 17.2 Å². The van der Waals surface area contributed by atoms with E-state index in [2.05, 4.69) is 4.72 Å². The molecule has 0 radical (unpaired) electrons. The molecule has 2 aromatic carbocycles. The summed E-state index contributed by atoms with van der Waals surface area (Å²) in [5, 5.41) is 0. The van der Waals surface area contributed by atoms with E-state index in [9.17, 15) is 13.2 Å². The highest BCUT2D eigenvalue weighted by Gasteiger charge is 2.30. The first-order valence-electron chi connectivity index (χ1n) is 10.6. The first-order valence-corrected chi connectivity index (χ1v) is 12.1. The molecule has 0 amide bonds. The van der Waals surface area contributed by atoms with Crippen molar-refractivity contribution in [2.45, 2.75) is 56.8 Å². The van der Waals surface area contributed by atoms with Crippen molar-refractivity contribution in [2.75, 3.05) is 13.7 Å². The summed E-state index contributed by atoms with van der Waals surface area (Å²) in [6, 6.07) is 7.90. The number of hydrogen-bond donors (Lipinski definition) is 1. The monoisotopic (exact) mass is 461 g/mol. The summed E-state index contributed by atoms with van der Waals surface area (Å²) in [6.07, 6.45) is 2.48. The van der Waals surface area contributed by atoms with Gasteiger partial charge >= 0.3 is 5.97 Å². The Morgan fingerprint density at radius 1 is 1.19 bits per heavy atom. The van der Waals surface area contributed by atoms with Crippen LogP contribution >= 0.6 is 0 Å². The Bertz CT molecular complexity index is 1130. The largest absolute Gasteiger partial charge is 0.495 e. The summed E-state index contributed by atoms with van der Waals surface area (Å²) < 4.78 is 50.2. The third kappa shape index (κ3) is 4.83. The number of ether oxygens (including phenoxy) is 4. The summed E-state index contributed by atoms with van der Waals surface area (Å²) in [6.45, 7) is 4.32. The zero-order chi connectivity index (χ0) is 22.9. The van der Waals surface area contributed by atoms with Crippen molar-refractivity contribution in [1.82, 2.24) is 4.72 Å². The number of benzene rings is 2. The Labute approximate surface area is 187 Å². The van der Waals surface area contributed by atoms with Gasteiger partial charge in [0.05, 0.1) is 19.3 Å². The fraction of sp³-hybridized carbons (Fsp3) is 0.435. The molecule has 1 aliphatic carbocycles. The van der Waals surface area contributed by atoms with Crippen LogP contribution in [0, 0.1) is 0 Å². The third-order valence-electron chi connectivity index (χ3n) is 5.33. The number of carbonyl (C=O) groups is 1. The number of carbonyl (C=O) groups excluding carboxylic acids is 1. The van der Waals surface area contributed by atoms with E-state index in [1.54, 1.807) is 0 Å². The topological polar surface area (TPSA) is 100 Å². The van der Waals surface area contributed by atoms with Gasteiger partial charge in [-0.15, -0.1) is 0 Å². The van der Waals surface area contributed by atoms with E-state index in [1.165, 1.54) is 25.3 Å². The SMILES string of the molecule is CCOc1cc2c(cc1COC(=O)c1ccc(OC)c(S(=O)(=O)NC3CC3)c1)O[C@H](C)C2. The van der Waals surface area contributed by atoms with Crippen LogP contribution in [0.25, 0.3) is 0 Å². The van der Waals surface area contributed by atoms with Gasteiger partial charge in [0, 0.05) is 23.6 Å². The predicted octanol–water partition coefficient (Wildman–Crippen LogP) is 3.22. The van der Waals surface area contributed by atoms with Crippen LogP contribution < -0.4 is 18.9 Å². The van der Waals surface area contributed by atoms with E-state index in [0.29, 0.717) is 17.9 Å². The third-order valence-corrected chi connectivity index (χ3v) is 6.87. The number of esters is 1. The second-order valence-electron chi connectivity index (χ2n) is 7.97. The summed E-state index contributed by atoms with van der Waals surface area (Å²) >= 11 is 0. The number of rotatable bonds is 9. The molecule has 8 nitrogen and oxygen atoms in total. The second-order valence-corrected chi connectivity index (χ2v) is 9.65.